The Morgan fingerprint density at radius 1 is 1.31 bits per heavy atom. The fourth-order valence-electron chi connectivity index (χ4n) is 3.30. The van der Waals surface area contributed by atoms with Gasteiger partial charge in [0.2, 0.25) is 5.75 Å². The highest BCUT2D eigenvalue weighted by Crippen LogP contribution is 2.38. The molecule has 0 unspecified atom stereocenters. The zero-order valence-electron chi connectivity index (χ0n) is 19.5. The normalized spacial score (nSPS) is 12.0. The predicted octanol–water partition coefficient (Wildman–Crippen LogP) is 3.85. The average molecular weight is 547 g/mol. The van der Waals surface area contributed by atoms with Crippen LogP contribution in [0.5, 0.6) is 11.5 Å². The zero-order chi connectivity index (χ0) is 25.7. The topological polar surface area (TPSA) is 135 Å². The second-order valence-corrected chi connectivity index (χ2v) is 8.33. The van der Waals surface area contributed by atoms with Gasteiger partial charge >= 0.3 is 11.7 Å². The highest BCUT2D eigenvalue weighted by Gasteiger charge is 2.26. The number of carbonyl (C=O) groups is 1. The maximum Gasteiger partial charge on any atom is 0.346 e. The molecular formula is C23H23BrN4O7. The lowest BCUT2D eigenvalue weighted by molar-refractivity contribution is -0.386. The van der Waals surface area contributed by atoms with Crippen LogP contribution >= 0.6 is 15.9 Å². The fraction of sp³-hybridized carbons (Fsp3) is 0.304. The molecule has 12 heteroatoms. The molecule has 0 aliphatic rings. The summed E-state index contributed by atoms with van der Waals surface area (Å²) in [5.74, 6) is -0.464. The number of hydrogen-bond donors (Lipinski definition) is 0. The number of fused-ring (bicyclic) bond motifs is 1. The fourth-order valence-corrected chi connectivity index (χ4v) is 3.66. The van der Waals surface area contributed by atoms with Crippen LogP contribution in [0, 0.1) is 10.1 Å². The molecule has 0 amide bonds. The highest BCUT2D eigenvalue weighted by atomic mass is 79.9. The van der Waals surface area contributed by atoms with Crippen molar-refractivity contribution in [3.05, 3.63) is 66.7 Å². The van der Waals surface area contributed by atoms with Gasteiger partial charge in [-0.25, -0.2) is 9.78 Å². The molecule has 0 aliphatic heterocycles. The van der Waals surface area contributed by atoms with Gasteiger partial charge in [0, 0.05) is 22.5 Å². The summed E-state index contributed by atoms with van der Waals surface area (Å²) in [5.41, 5.74) is 0.00881. The second-order valence-electron chi connectivity index (χ2n) is 7.41. The van der Waals surface area contributed by atoms with E-state index in [0.717, 1.165) is 10.9 Å². The van der Waals surface area contributed by atoms with Gasteiger partial charge < -0.3 is 14.2 Å². The molecule has 0 bridgehead atoms. The minimum Gasteiger partial charge on any atom is -0.493 e. The maximum absolute atomic E-state index is 13.2. The van der Waals surface area contributed by atoms with E-state index in [0.29, 0.717) is 23.1 Å². The van der Waals surface area contributed by atoms with E-state index in [1.54, 1.807) is 18.2 Å². The van der Waals surface area contributed by atoms with Gasteiger partial charge in [0.1, 0.15) is 5.82 Å². The number of rotatable bonds is 9. The maximum atomic E-state index is 13.2. The van der Waals surface area contributed by atoms with E-state index in [-0.39, 0.29) is 22.6 Å². The van der Waals surface area contributed by atoms with Crippen molar-refractivity contribution >= 4 is 44.7 Å². The number of nitro groups is 1. The molecule has 0 N–H and O–H groups in total. The van der Waals surface area contributed by atoms with Gasteiger partial charge in [0.25, 0.3) is 5.56 Å². The van der Waals surface area contributed by atoms with Crippen LogP contribution in [0.2, 0.25) is 0 Å². The number of ether oxygens (including phenoxy) is 3. The molecule has 0 aliphatic carbocycles. The van der Waals surface area contributed by atoms with Crippen LogP contribution in [0.3, 0.4) is 0 Å². The first kappa shape index (κ1) is 25.8. The Morgan fingerprint density at radius 2 is 2.06 bits per heavy atom. The van der Waals surface area contributed by atoms with Crippen LogP contribution < -0.4 is 15.0 Å². The van der Waals surface area contributed by atoms with Crippen LogP contribution in [0.15, 0.2) is 44.7 Å². The van der Waals surface area contributed by atoms with Gasteiger partial charge in [-0.2, -0.15) is 9.78 Å². The molecule has 35 heavy (non-hydrogen) atoms. The van der Waals surface area contributed by atoms with Crippen molar-refractivity contribution in [3.8, 4) is 11.5 Å². The summed E-state index contributed by atoms with van der Waals surface area (Å²) in [6.07, 6.45) is 1.42. The number of aryl methyl sites for hydroxylation is 1. The number of halogens is 1. The Bertz CT molecular complexity index is 1370. The average Bonchev–Trinajstić information content (AvgIpc) is 2.84. The van der Waals surface area contributed by atoms with Gasteiger partial charge in [-0.1, -0.05) is 22.9 Å². The Kier molecular flexibility index (Phi) is 8.18. The minimum absolute atomic E-state index is 0.0121. The molecule has 0 radical (unpaired) electrons. The first-order chi connectivity index (χ1) is 16.7. The molecule has 11 nitrogen and oxygen atoms in total. The number of esters is 1. The molecule has 0 saturated heterocycles. The van der Waals surface area contributed by atoms with E-state index in [2.05, 4.69) is 30.8 Å². The lowest BCUT2D eigenvalue weighted by Gasteiger charge is -2.15. The third-order valence-corrected chi connectivity index (χ3v) is 5.47. The van der Waals surface area contributed by atoms with Gasteiger partial charge in [0.05, 0.1) is 36.3 Å². The molecule has 0 spiro atoms. The van der Waals surface area contributed by atoms with Gasteiger partial charge in [-0.05, 0) is 37.6 Å². The lowest BCUT2D eigenvalue weighted by Crippen LogP contribution is -2.25. The predicted molar refractivity (Wildman–Crippen MR) is 132 cm³/mol. The smallest absolute Gasteiger partial charge is 0.346 e. The first-order valence-corrected chi connectivity index (χ1v) is 11.4. The molecule has 3 rings (SSSR count). The molecule has 184 valence electrons. The second kappa shape index (κ2) is 11.1. The van der Waals surface area contributed by atoms with Gasteiger partial charge in [0.15, 0.2) is 11.9 Å². The number of hydrogen-bond acceptors (Lipinski definition) is 9. The van der Waals surface area contributed by atoms with Crippen molar-refractivity contribution in [1.29, 1.82) is 0 Å². The summed E-state index contributed by atoms with van der Waals surface area (Å²) in [7, 11) is 2.49. The highest BCUT2D eigenvalue weighted by molar-refractivity contribution is 9.10. The summed E-state index contributed by atoms with van der Waals surface area (Å²) < 4.78 is 17.3. The molecular weight excluding hydrogens is 524 g/mol. The van der Waals surface area contributed by atoms with Crippen LogP contribution in [0.4, 0.5) is 5.69 Å². The molecule has 0 saturated carbocycles. The molecule has 1 heterocycles. The van der Waals surface area contributed by atoms with Gasteiger partial charge in [-0.15, -0.1) is 0 Å². The van der Waals surface area contributed by atoms with Crippen molar-refractivity contribution in [2.75, 3.05) is 14.2 Å². The van der Waals surface area contributed by atoms with E-state index in [1.807, 2.05) is 6.92 Å². The van der Waals surface area contributed by atoms with E-state index >= 15 is 0 Å². The van der Waals surface area contributed by atoms with Crippen molar-refractivity contribution < 1.29 is 23.9 Å². The SMILES string of the molecule is CCCc1nc2ccc(Br)cc2c(=O)n1N=Cc1cc(OC)c(O[C@@H](C)C(=O)OC)c([N+](=O)[O-])c1. The van der Waals surface area contributed by atoms with Crippen LogP contribution in [0.25, 0.3) is 10.9 Å². The largest absolute Gasteiger partial charge is 0.493 e. The Labute approximate surface area is 208 Å². The zero-order valence-corrected chi connectivity index (χ0v) is 21.1. The summed E-state index contributed by atoms with van der Waals surface area (Å²) in [6, 6.07) is 7.87. The molecule has 3 aromatic rings. The monoisotopic (exact) mass is 546 g/mol. The summed E-state index contributed by atoms with van der Waals surface area (Å²) in [4.78, 5) is 40.5. The Balaban J connectivity index is 2.11. The number of carbonyl (C=O) groups excluding carboxylic acids is 1. The third-order valence-electron chi connectivity index (χ3n) is 4.97. The standard InChI is InChI=1S/C23H23BrN4O7/c1-5-6-20-26-17-8-7-15(24)11-16(17)22(29)27(20)25-12-14-9-18(28(31)32)21(19(10-14)33-3)35-13(2)23(30)34-4/h7-13H,5-6H2,1-4H3/t13-/m0/s1. The van der Waals surface area contributed by atoms with E-state index in [1.165, 1.54) is 44.2 Å². The number of benzene rings is 2. The minimum atomic E-state index is -1.11. The van der Waals surface area contributed by atoms with Crippen LogP contribution in [0.1, 0.15) is 31.7 Å². The summed E-state index contributed by atoms with van der Waals surface area (Å²) >= 11 is 3.36. The van der Waals surface area contributed by atoms with E-state index < -0.39 is 22.7 Å². The van der Waals surface area contributed by atoms with Crippen molar-refractivity contribution in [2.45, 2.75) is 32.8 Å². The first-order valence-electron chi connectivity index (χ1n) is 10.6. The number of aromatic nitrogens is 2. The Hall–Kier alpha value is -3.80. The molecule has 1 aromatic heterocycles. The quantitative estimate of drug-likeness (QED) is 0.171. The van der Waals surface area contributed by atoms with Crippen molar-refractivity contribution in [3.63, 3.8) is 0 Å². The van der Waals surface area contributed by atoms with E-state index in [4.69, 9.17) is 9.47 Å². The Morgan fingerprint density at radius 3 is 2.69 bits per heavy atom. The molecule has 0 fully saturated rings. The number of nitro benzene ring substituents is 1. The van der Waals surface area contributed by atoms with E-state index in [9.17, 15) is 19.7 Å². The summed E-state index contributed by atoms with van der Waals surface area (Å²) in [6.45, 7) is 3.35. The van der Waals surface area contributed by atoms with Gasteiger partial charge in [-0.3, -0.25) is 14.9 Å². The third kappa shape index (κ3) is 5.65. The lowest BCUT2D eigenvalue weighted by atomic mass is 10.1. The van der Waals surface area contributed by atoms with Crippen molar-refractivity contribution in [2.24, 2.45) is 5.10 Å². The molecule has 1 atom stereocenters. The number of methoxy groups -OCH3 is 2. The van der Waals surface area contributed by atoms with Crippen LogP contribution in [-0.4, -0.2) is 47.1 Å². The van der Waals surface area contributed by atoms with Crippen molar-refractivity contribution in [1.82, 2.24) is 9.66 Å². The number of nitrogens with zero attached hydrogens (tertiary/aromatic N) is 4. The summed E-state index contributed by atoms with van der Waals surface area (Å²) in [5, 5.41) is 16.4. The molecule has 2 aromatic carbocycles. The van der Waals surface area contributed by atoms with Crippen LogP contribution in [-0.2, 0) is 16.0 Å².